The zero-order chi connectivity index (χ0) is 23.1. The minimum absolute atomic E-state index is 0.466. The molecule has 0 aliphatic carbocycles. The van der Waals surface area contributed by atoms with Crippen LogP contribution in [0.5, 0.6) is 0 Å². The van der Waals surface area contributed by atoms with Gasteiger partial charge in [-0.05, 0) is 18.2 Å². The number of fused-ring (bicyclic) bond motifs is 3. The average molecular weight is 440 g/mol. The molecule has 2 aromatic heterocycles. The van der Waals surface area contributed by atoms with E-state index in [9.17, 15) is 10.0 Å². The Hall–Kier alpha value is -4.19. The van der Waals surface area contributed by atoms with Crippen LogP contribution in [0, 0.1) is 0 Å². The summed E-state index contributed by atoms with van der Waals surface area (Å²) < 4.78 is 2.11. The largest absolute Gasteiger partial charge is 0.490 e. The summed E-state index contributed by atoms with van der Waals surface area (Å²) in [5.74, 6) is 0. The second-order valence-electron chi connectivity index (χ2n) is 8.30. The van der Waals surface area contributed by atoms with Gasteiger partial charge in [0, 0.05) is 27.4 Å². The molecule has 0 amide bonds. The highest BCUT2D eigenvalue weighted by Crippen LogP contribution is 2.34. The van der Waals surface area contributed by atoms with Crippen LogP contribution in [-0.2, 0) is 0 Å². The molecule has 5 heteroatoms. The Morgan fingerprint density at radius 2 is 1.15 bits per heavy atom. The fraction of sp³-hybridized carbons (Fsp3) is 0. The molecule has 162 valence electrons. The van der Waals surface area contributed by atoms with Crippen LogP contribution in [0.4, 0.5) is 0 Å². The maximum Gasteiger partial charge on any atom is 0.490 e. The predicted octanol–water partition coefficient (Wildman–Crippen LogP) is 5.19. The topological polar surface area (TPSA) is 58.3 Å². The van der Waals surface area contributed by atoms with E-state index >= 15 is 0 Å². The van der Waals surface area contributed by atoms with Crippen LogP contribution in [0.1, 0.15) is 0 Å². The molecule has 0 fully saturated rings. The van der Waals surface area contributed by atoms with Crippen molar-refractivity contribution < 1.29 is 10.0 Å². The maximum absolute atomic E-state index is 10.2. The molecule has 2 N–H and O–H groups in total. The lowest BCUT2D eigenvalue weighted by Crippen LogP contribution is -2.31. The second-order valence-corrected chi connectivity index (χ2v) is 8.30. The van der Waals surface area contributed by atoms with Crippen molar-refractivity contribution in [1.29, 1.82) is 0 Å². The van der Waals surface area contributed by atoms with Crippen molar-refractivity contribution >= 4 is 34.4 Å². The summed E-state index contributed by atoms with van der Waals surface area (Å²) in [5.41, 5.74) is 6.89. The van der Waals surface area contributed by atoms with Crippen LogP contribution in [0.2, 0.25) is 0 Å². The normalized spacial score (nSPS) is 11.2. The van der Waals surface area contributed by atoms with E-state index in [0.29, 0.717) is 5.46 Å². The van der Waals surface area contributed by atoms with Crippen molar-refractivity contribution in [3.05, 3.63) is 115 Å². The SMILES string of the molecule is OB(O)c1cccc2c3ccccc3n(-c3cc(-c4ccccc4)nc(-c4ccccc4)c3)c12. The molecule has 4 aromatic carbocycles. The van der Waals surface area contributed by atoms with Crippen LogP contribution < -0.4 is 5.46 Å². The quantitative estimate of drug-likeness (QED) is 0.371. The smallest absolute Gasteiger partial charge is 0.423 e. The number of nitrogens with zero attached hydrogens (tertiary/aromatic N) is 2. The molecule has 0 saturated carbocycles. The number of pyridine rings is 1. The molecule has 0 aliphatic heterocycles. The lowest BCUT2D eigenvalue weighted by molar-refractivity contribution is 0.426. The molecule has 0 saturated heterocycles. The Kier molecular flexibility index (Phi) is 4.99. The number of benzene rings is 4. The minimum atomic E-state index is -1.59. The van der Waals surface area contributed by atoms with Gasteiger partial charge >= 0.3 is 7.12 Å². The van der Waals surface area contributed by atoms with Crippen LogP contribution >= 0.6 is 0 Å². The Labute approximate surface area is 197 Å². The molecule has 2 heterocycles. The van der Waals surface area contributed by atoms with Gasteiger partial charge in [-0.3, -0.25) is 0 Å². The number of rotatable bonds is 4. The fourth-order valence-corrected chi connectivity index (χ4v) is 4.68. The third kappa shape index (κ3) is 3.39. The zero-order valence-corrected chi connectivity index (χ0v) is 18.3. The molecule has 0 atom stereocenters. The van der Waals surface area contributed by atoms with E-state index < -0.39 is 7.12 Å². The summed E-state index contributed by atoms with van der Waals surface area (Å²) in [5, 5.41) is 22.5. The molecule has 0 unspecified atom stereocenters. The van der Waals surface area contributed by atoms with Gasteiger partial charge < -0.3 is 14.6 Å². The van der Waals surface area contributed by atoms with Crippen LogP contribution in [0.15, 0.2) is 115 Å². The second kappa shape index (κ2) is 8.30. The van der Waals surface area contributed by atoms with E-state index in [4.69, 9.17) is 4.98 Å². The first-order valence-corrected chi connectivity index (χ1v) is 11.2. The van der Waals surface area contributed by atoms with Gasteiger partial charge in [0.15, 0.2) is 0 Å². The molecule has 0 spiro atoms. The Morgan fingerprint density at radius 1 is 0.588 bits per heavy atom. The van der Waals surface area contributed by atoms with Gasteiger partial charge in [-0.1, -0.05) is 97.1 Å². The first-order valence-electron chi connectivity index (χ1n) is 11.2. The van der Waals surface area contributed by atoms with Crippen LogP contribution in [0.3, 0.4) is 0 Å². The lowest BCUT2D eigenvalue weighted by Gasteiger charge is -2.14. The van der Waals surface area contributed by atoms with E-state index in [1.54, 1.807) is 6.07 Å². The summed E-state index contributed by atoms with van der Waals surface area (Å²) in [4.78, 5) is 4.99. The minimum Gasteiger partial charge on any atom is -0.423 e. The van der Waals surface area contributed by atoms with E-state index in [-0.39, 0.29) is 0 Å². The molecule has 6 rings (SSSR count). The van der Waals surface area contributed by atoms with Gasteiger partial charge in [-0.25, -0.2) is 4.98 Å². The van der Waals surface area contributed by atoms with Crippen molar-refractivity contribution in [3.8, 4) is 28.2 Å². The van der Waals surface area contributed by atoms with Crippen molar-refractivity contribution in [1.82, 2.24) is 9.55 Å². The monoisotopic (exact) mass is 440 g/mol. The van der Waals surface area contributed by atoms with Gasteiger partial charge in [-0.2, -0.15) is 0 Å². The molecule has 0 bridgehead atoms. The molecule has 6 aromatic rings. The maximum atomic E-state index is 10.2. The van der Waals surface area contributed by atoms with Crippen molar-refractivity contribution in [2.45, 2.75) is 0 Å². The Bertz CT molecular complexity index is 1570. The van der Waals surface area contributed by atoms with Crippen molar-refractivity contribution in [2.24, 2.45) is 0 Å². The third-order valence-corrected chi connectivity index (χ3v) is 6.21. The summed E-state index contributed by atoms with van der Waals surface area (Å²) in [7, 11) is -1.59. The highest BCUT2D eigenvalue weighted by atomic mass is 16.4. The summed E-state index contributed by atoms with van der Waals surface area (Å²) >= 11 is 0. The molecule has 0 aliphatic rings. The molecule has 34 heavy (non-hydrogen) atoms. The van der Waals surface area contributed by atoms with E-state index in [0.717, 1.165) is 50.0 Å². The predicted molar refractivity (Wildman–Crippen MR) is 139 cm³/mol. The number of aromatic nitrogens is 2. The van der Waals surface area contributed by atoms with Gasteiger partial charge in [0.1, 0.15) is 0 Å². The first-order chi connectivity index (χ1) is 16.7. The Balaban J connectivity index is 1.73. The van der Waals surface area contributed by atoms with Gasteiger partial charge in [0.05, 0.1) is 28.1 Å². The van der Waals surface area contributed by atoms with E-state index in [1.807, 2.05) is 60.7 Å². The van der Waals surface area contributed by atoms with Crippen molar-refractivity contribution in [3.63, 3.8) is 0 Å². The summed E-state index contributed by atoms with van der Waals surface area (Å²) in [6.07, 6.45) is 0. The van der Waals surface area contributed by atoms with Gasteiger partial charge in [0.25, 0.3) is 0 Å². The van der Waals surface area contributed by atoms with Crippen LogP contribution in [-0.4, -0.2) is 26.7 Å². The fourth-order valence-electron chi connectivity index (χ4n) is 4.68. The third-order valence-electron chi connectivity index (χ3n) is 6.21. The van der Waals surface area contributed by atoms with E-state index in [1.165, 1.54) is 0 Å². The van der Waals surface area contributed by atoms with Crippen molar-refractivity contribution in [2.75, 3.05) is 0 Å². The lowest BCUT2D eigenvalue weighted by atomic mass is 9.79. The molecular formula is C29H21BN2O2. The number of hydrogen-bond donors (Lipinski definition) is 2. The van der Waals surface area contributed by atoms with Gasteiger partial charge in [-0.15, -0.1) is 0 Å². The highest BCUT2D eigenvalue weighted by Gasteiger charge is 2.22. The summed E-state index contributed by atoms with van der Waals surface area (Å²) in [6.45, 7) is 0. The number of para-hydroxylation sites is 2. The average Bonchev–Trinajstić information content (AvgIpc) is 3.24. The zero-order valence-electron chi connectivity index (χ0n) is 18.3. The first kappa shape index (κ1) is 20.4. The molecule has 4 nitrogen and oxygen atoms in total. The number of hydrogen-bond acceptors (Lipinski definition) is 3. The molecule has 0 radical (unpaired) electrons. The standard InChI is InChI=1S/C29H21BN2O2/c33-30(34)25-16-9-15-24-23-14-7-8-17-28(23)32(29(24)25)22-18-26(20-10-3-1-4-11-20)31-27(19-22)21-12-5-2-6-13-21/h1-19,33-34H. The highest BCUT2D eigenvalue weighted by molar-refractivity contribution is 6.62. The van der Waals surface area contributed by atoms with Gasteiger partial charge in [0.2, 0.25) is 0 Å². The van der Waals surface area contributed by atoms with E-state index in [2.05, 4.69) is 53.1 Å². The summed E-state index contributed by atoms with van der Waals surface area (Å²) in [6, 6.07) is 38.1. The van der Waals surface area contributed by atoms with Crippen LogP contribution in [0.25, 0.3) is 50.0 Å². The molecular weight excluding hydrogens is 419 g/mol. The Morgan fingerprint density at radius 3 is 1.76 bits per heavy atom.